The summed E-state index contributed by atoms with van der Waals surface area (Å²) in [6.07, 6.45) is 1.56. The minimum Gasteiger partial charge on any atom is -0.491 e. The van der Waals surface area contributed by atoms with Crippen molar-refractivity contribution in [2.45, 2.75) is 38.4 Å². The minimum absolute atomic E-state index is 0.121. The largest absolute Gasteiger partial charge is 0.491 e. The van der Waals surface area contributed by atoms with Crippen LogP contribution < -0.4 is 9.47 Å². The second-order valence-corrected chi connectivity index (χ2v) is 8.27. The molecule has 3 aromatic rings. The van der Waals surface area contributed by atoms with Crippen LogP contribution in [0.5, 0.6) is 11.5 Å². The molecule has 0 aromatic heterocycles. The zero-order chi connectivity index (χ0) is 23.3. The maximum atomic E-state index is 14.2. The van der Waals surface area contributed by atoms with E-state index in [1.165, 1.54) is 12.1 Å². The van der Waals surface area contributed by atoms with Crippen LogP contribution in [0.1, 0.15) is 46.2 Å². The van der Waals surface area contributed by atoms with E-state index in [0.29, 0.717) is 34.8 Å². The molecule has 0 N–H and O–H groups in total. The van der Waals surface area contributed by atoms with Gasteiger partial charge in [0.05, 0.1) is 18.3 Å². The Morgan fingerprint density at radius 3 is 2.62 bits per heavy atom. The van der Waals surface area contributed by atoms with Crippen LogP contribution in [-0.4, -0.2) is 25.3 Å². The number of hydrogen-bond acceptors (Lipinski definition) is 6. The van der Waals surface area contributed by atoms with Crippen LogP contribution in [0.2, 0.25) is 0 Å². The summed E-state index contributed by atoms with van der Waals surface area (Å²) in [6.45, 7) is 1.33. The van der Waals surface area contributed by atoms with E-state index in [1.54, 1.807) is 24.3 Å². The first-order chi connectivity index (χ1) is 16.7. The number of carbonyl (C=O) groups excluding carboxylic acids is 1. The summed E-state index contributed by atoms with van der Waals surface area (Å²) in [6, 6.07) is 18.9. The maximum absolute atomic E-state index is 14.2. The molecule has 3 aromatic carbocycles. The standard InChI is InChI=1S/C27H25FO6/c28-22-13-20(25-21(14-22)16-33-27(34-25)19-5-2-1-3-6-19)15-32-26(29)18-8-10-23(11-9-18)31-17-24-7-4-12-30-24/h1-3,5-6,8-11,13-14,24,27H,4,7,12,15-17H2/t24-,27-/m1/s1. The van der Waals surface area contributed by atoms with Gasteiger partial charge in [0.1, 0.15) is 30.5 Å². The van der Waals surface area contributed by atoms with E-state index in [-0.39, 0.29) is 19.3 Å². The fraction of sp³-hybridized carbons (Fsp3) is 0.296. The molecule has 6 nitrogen and oxygen atoms in total. The number of fused-ring (bicyclic) bond motifs is 1. The number of halogens is 1. The fourth-order valence-electron chi connectivity index (χ4n) is 4.04. The highest BCUT2D eigenvalue weighted by atomic mass is 19.1. The van der Waals surface area contributed by atoms with Gasteiger partial charge in [0, 0.05) is 23.3 Å². The number of esters is 1. The van der Waals surface area contributed by atoms with Crippen molar-refractivity contribution in [3.63, 3.8) is 0 Å². The molecule has 5 rings (SSSR count). The Morgan fingerprint density at radius 2 is 1.85 bits per heavy atom. The van der Waals surface area contributed by atoms with Crippen molar-refractivity contribution < 1.29 is 32.9 Å². The van der Waals surface area contributed by atoms with Gasteiger partial charge in [0.25, 0.3) is 0 Å². The number of rotatable bonds is 7. The molecule has 34 heavy (non-hydrogen) atoms. The molecule has 0 radical (unpaired) electrons. The Labute approximate surface area is 197 Å². The molecular formula is C27H25FO6. The first-order valence-corrected chi connectivity index (χ1v) is 11.3. The highest BCUT2D eigenvalue weighted by Gasteiger charge is 2.26. The first kappa shape index (κ1) is 22.4. The number of benzene rings is 3. The molecule has 1 fully saturated rings. The Bertz CT molecular complexity index is 1130. The van der Waals surface area contributed by atoms with Crippen molar-refractivity contribution in [1.82, 2.24) is 0 Å². The highest BCUT2D eigenvalue weighted by Crippen LogP contribution is 2.37. The molecule has 2 aliphatic rings. The summed E-state index contributed by atoms with van der Waals surface area (Å²) in [5, 5.41) is 0. The van der Waals surface area contributed by atoms with E-state index in [4.69, 9.17) is 23.7 Å². The number of hydrogen-bond donors (Lipinski definition) is 0. The van der Waals surface area contributed by atoms with Crippen LogP contribution in [0.25, 0.3) is 0 Å². The van der Waals surface area contributed by atoms with Crippen LogP contribution >= 0.6 is 0 Å². The lowest BCUT2D eigenvalue weighted by molar-refractivity contribution is -0.112. The van der Waals surface area contributed by atoms with Crippen molar-refractivity contribution in [3.05, 3.63) is 94.8 Å². The minimum atomic E-state index is -0.615. The summed E-state index contributed by atoms with van der Waals surface area (Å²) in [5.74, 6) is 0.178. The van der Waals surface area contributed by atoms with Gasteiger partial charge in [0.2, 0.25) is 6.29 Å². The Kier molecular flexibility index (Phi) is 6.74. The smallest absolute Gasteiger partial charge is 0.338 e. The van der Waals surface area contributed by atoms with E-state index in [1.807, 2.05) is 30.3 Å². The SMILES string of the molecule is O=C(OCc1cc(F)cc2c1O[C@H](c1ccccc1)OC2)c1ccc(OC[C@H]2CCCO2)cc1. The van der Waals surface area contributed by atoms with Gasteiger partial charge in [-0.1, -0.05) is 30.3 Å². The van der Waals surface area contributed by atoms with Gasteiger partial charge >= 0.3 is 5.97 Å². The van der Waals surface area contributed by atoms with Gasteiger partial charge in [-0.3, -0.25) is 0 Å². The van der Waals surface area contributed by atoms with Gasteiger partial charge in [-0.25, -0.2) is 9.18 Å². The lowest BCUT2D eigenvalue weighted by atomic mass is 10.1. The molecule has 0 spiro atoms. The Hall–Kier alpha value is -3.42. The number of carbonyl (C=O) groups is 1. The Balaban J connectivity index is 1.22. The lowest BCUT2D eigenvalue weighted by Crippen LogP contribution is -2.20. The average molecular weight is 464 g/mol. The third-order valence-electron chi connectivity index (χ3n) is 5.80. The Morgan fingerprint density at radius 1 is 1.03 bits per heavy atom. The molecule has 2 heterocycles. The average Bonchev–Trinajstić information content (AvgIpc) is 3.40. The van der Waals surface area contributed by atoms with Crippen molar-refractivity contribution in [2.75, 3.05) is 13.2 Å². The molecule has 0 aliphatic carbocycles. The summed E-state index contributed by atoms with van der Waals surface area (Å²) >= 11 is 0. The predicted molar refractivity (Wildman–Crippen MR) is 121 cm³/mol. The molecule has 176 valence electrons. The highest BCUT2D eigenvalue weighted by molar-refractivity contribution is 5.89. The molecule has 0 bridgehead atoms. The third-order valence-corrected chi connectivity index (χ3v) is 5.80. The van der Waals surface area contributed by atoms with E-state index < -0.39 is 18.1 Å². The predicted octanol–water partition coefficient (Wildman–Crippen LogP) is 5.35. The van der Waals surface area contributed by atoms with Gasteiger partial charge < -0.3 is 23.7 Å². The van der Waals surface area contributed by atoms with Gasteiger partial charge in [-0.05, 0) is 49.2 Å². The maximum Gasteiger partial charge on any atom is 0.338 e. The van der Waals surface area contributed by atoms with Crippen molar-refractivity contribution in [2.24, 2.45) is 0 Å². The molecule has 0 saturated carbocycles. The van der Waals surface area contributed by atoms with E-state index in [9.17, 15) is 9.18 Å². The van der Waals surface area contributed by atoms with Gasteiger partial charge in [-0.15, -0.1) is 0 Å². The second-order valence-electron chi connectivity index (χ2n) is 8.27. The molecule has 0 unspecified atom stereocenters. The third kappa shape index (κ3) is 5.21. The monoisotopic (exact) mass is 464 g/mol. The summed E-state index contributed by atoms with van der Waals surface area (Å²) in [5.41, 5.74) is 2.25. The molecule has 2 atom stereocenters. The van der Waals surface area contributed by atoms with Crippen molar-refractivity contribution in [1.29, 1.82) is 0 Å². The molecule has 0 amide bonds. The molecule has 2 aliphatic heterocycles. The van der Waals surface area contributed by atoms with Crippen LogP contribution in [0, 0.1) is 5.82 Å². The summed E-state index contributed by atoms with van der Waals surface area (Å²) < 4.78 is 42.7. The first-order valence-electron chi connectivity index (χ1n) is 11.3. The van der Waals surface area contributed by atoms with Crippen LogP contribution in [0.4, 0.5) is 4.39 Å². The van der Waals surface area contributed by atoms with Gasteiger partial charge in [0.15, 0.2) is 0 Å². The van der Waals surface area contributed by atoms with Crippen molar-refractivity contribution >= 4 is 5.97 Å². The normalized spacial score (nSPS) is 19.2. The van der Waals surface area contributed by atoms with Crippen LogP contribution in [-0.2, 0) is 27.4 Å². The van der Waals surface area contributed by atoms with E-state index >= 15 is 0 Å². The summed E-state index contributed by atoms with van der Waals surface area (Å²) in [7, 11) is 0. The number of ether oxygens (including phenoxy) is 5. The van der Waals surface area contributed by atoms with Crippen LogP contribution in [0.3, 0.4) is 0 Å². The molecule has 7 heteroatoms. The van der Waals surface area contributed by atoms with E-state index in [2.05, 4.69) is 0 Å². The summed E-state index contributed by atoms with van der Waals surface area (Å²) in [4.78, 5) is 12.6. The topological polar surface area (TPSA) is 63.2 Å². The lowest BCUT2D eigenvalue weighted by Gasteiger charge is -2.28. The van der Waals surface area contributed by atoms with Crippen molar-refractivity contribution in [3.8, 4) is 11.5 Å². The van der Waals surface area contributed by atoms with E-state index in [0.717, 1.165) is 25.0 Å². The van der Waals surface area contributed by atoms with Crippen LogP contribution in [0.15, 0.2) is 66.7 Å². The quantitative estimate of drug-likeness (QED) is 0.440. The molecular weight excluding hydrogens is 439 g/mol. The molecule has 1 saturated heterocycles. The fourth-order valence-corrected chi connectivity index (χ4v) is 4.04. The zero-order valence-corrected chi connectivity index (χ0v) is 18.6. The zero-order valence-electron chi connectivity index (χ0n) is 18.6. The van der Waals surface area contributed by atoms with Gasteiger partial charge in [-0.2, -0.15) is 0 Å². The second kappa shape index (κ2) is 10.2.